The van der Waals surface area contributed by atoms with E-state index >= 15 is 0 Å². The quantitative estimate of drug-likeness (QED) is 0.787. The van der Waals surface area contributed by atoms with Gasteiger partial charge < -0.3 is 10.4 Å². The first-order chi connectivity index (χ1) is 8.07. The molecule has 0 aromatic rings. The molecule has 0 atom stereocenters. The van der Waals surface area contributed by atoms with Gasteiger partial charge in [-0.05, 0) is 55.8 Å². The molecule has 4 aliphatic carbocycles. The second-order valence-electron chi connectivity index (χ2n) is 7.66. The molecule has 2 heteroatoms. The minimum atomic E-state index is 0.0364. The van der Waals surface area contributed by atoms with Crippen molar-refractivity contribution >= 4 is 0 Å². The molecule has 0 radical (unpaired) electrons. The summed E-state index contributed by atoms with van der Waals surface area (Å²) < 4.78 is 0. The Bertz CT molecular complexity index is 259. The number of nitrogens with one attached hydrogen (secondary N) is 1. The van der Waals surface area contributed by atoms with Crippen molar-refractivity contribution in [3.8, 4) is 0 Å². The molecule has 0 spiro atoms. The van der Waals surface area contributed by atoms with Gasteiger partial charge in [-0.3, -0.25) is 0 Å². The molecule has 0 unspecified atom stereocenters. The Balaban J connectivity index is 1.61. The van der Waals surface area contributed by atoms with Gasteiger partial charge in [-0.1, -0.05) is 13.8 Å². The molecule has 0 heterocycles. The molecular formula is C15H27NO. The highest BCUT2D eigenvalue weighted by Crippen LogP contribution is 2.53. The van der Waals surface area contributed by atoms with Crippen molar-refractivity contribution in [3.05, 3.63) is 0 Å². The van der Waals surface area contributed by atoms with Gasteiger partial charge in [-0.15, -0.1) is 0 Å². The number of rotatable bonds is 4. The minimum Gasteiger partial charge on any atom is -0.396 e. The van der Waals surface area contributed by atoms with E-state index in [1.165, 1.54) is 32.1 Å². The standard InChI is InChI=1S/C15H27NO/c1-15(2,9-17)8-16-14-12-4-10-3-11(6-12)7-13(14)5-10/h10-14,16-17H,3-9H2,1-2H3. The Hall–Kier alpha value is -0.0800. The van der Waals surface area contributed by atoms with Crippen LogP contribution in [0.5, 0.6) is 0 Å². The Labute approximate surface area is 105 Å². The molecule has 98 valence electrons. The van der Waals surface area contributed by atoms with Crippen LogP contribution in [0.3, 0.4) is 0 Å². The molecule has 2 N–H and O–H groups in total. The van der Waals surface area contributed by atoms with Crippen molar-refractivity contribution < 1.29 is 5.11 Å². The lowest BCUT2D eigenvalue weighted by atomic mass is 9.54. The molecule has 0 aromatic carbocycles. The highest BCUT2D eigenvalue weighted by atomic mass is 16.3. The highest BCUT2D eigenvalue weighted by molar-refractivity contribution is 5.01. The van der Waals surface area contributed by atoms with Crippen LogP contribution >= 0.6 is 0 Å². The van der Waals surface area contributed by atoms with Crippen molar-refractivity contribution in [1.82, 2.24) is 5.32 Å². The zero-order chi connectivity index (χ0) is 12.0. The molecule has 4 fully saturated rings. The zero-order valence-electron chi connectivity index (χ0n) is 11.3. The largest absolute Gasteiger partial charge is 0.396 e. The lowest BCUT2D eigenvalue weighted by Crippen LogP contribution is -2.56. The van der Waals surface area contributed by atoms with E-state index in [1.54, 1.807) is 0 Å². The van der Waals surface area contributed by atoms with Crippen LogP contribution in [0.2, 0.25) is 0 Å². The van der Waals surface area contributed by atoms with Crippen LogP contribution in [0.4, 0.5) is 0 Å². The average Bonchev–Trinajstić information content (AvgIpc) is 2.27. The van der Waals surface area contributed by atoms with Crippen molar-refractivity contribution in [2.45, 2.75) is 52.0 Å². The predicted octanol–water partition coefficient (Wildman–Crippen LogP) is 2.42. The monoisotopic (exact) mass is 237 g/mol. The first kappa shape index (κ1) is 12.0. The third-order valence-corrected chi connectivity index (χ3v) is 5.47. The molecule has 4 rings (SSSR count). The van der Waals surface area contributed by atoms with E-state index in [0.29, 0.717) is 0 Å². The van der Waals surface area contributed by atoms with Gasteiger partial charge >= 0.3 is 0 Å². The van der Waals surface area contributed by atoms with Gasteiger partial charge in [0, 0.05) is 24.6 Å². The normalized spacial score (nSPS) is 44.3. The summed E-state index contributed by atoms with van der Waals surface area (Å²) in [5.41, 5.74) is 0.0364. The topological polar surface area (TPSA) is 32.3 Å². The van der Waals surface area contributed by atoms with Gasteiger partial charge in [0.25, 0.3) is 0 Å². The van der Waals surface area contributed by atoms with E-state index in [4.69, 9.17) is 0 Å². The van der Waals surface area contributed by atoms with Gasteiger partial charge in [0.15, 0.2) is 0 Å². The van der Waals surface area contributed by atoms with Crippen LogP contribution in [-0.4, -0.2) is 24.3 Å². The second-order valence-corrected chi connectivity index (χ2v) is 7.66. The van der Waals surface area contributed by atoms with E-state index in [-0.39, 0.29) is 12.0 Å². The molecule has 2 nitrogen and oxygen atoms in total. The fraction of sp³-hybridized carbons (Fsp3) is 1.00. The van der Waals surface area contributed by atoms with Gasteiger partial charge in [0.05, 0.1) is 0 Å². The van der Waals surface area contributed by atoms with Crippen LogP contribution < -0.4 is 5.32 Å². The van der Waals surface area contributed by atoms with E-state index in [1.807, 2.05) is 0 Å². The van der Waals surface area contributed by atoms with E-state index in [9.17, 15) is 5.11 Å². The Morgan fingerprint density at radius 1 is 1.00 bits per heavy atom. The molecule has 4 bridgehead atoms. The fourth-order valence-corrected chi connectivity index (χ4v) is 4.71. The van der Waals surface area contributed by atoms with Crippen molar-refractivity contribution in [1.29, 1.82) is 0 Å². The summed E-state index contributed by atoms with van der Waals surface area (Å²) in [6.45, 7) is 5.55. The van der Waals surface area contributed by atoms with Gasteiger partial charge in [-0.25, -0.2) is 0 Å². The van der Waals surface area contributed by atoms with Crippen LogP contribution in [0.15, 0.2) is 0 Å². The smallest absolute Gasteiger partial charge is 0.0494 e. The summed E-state index contributed by atoms with van der Waals surface area (Å²) in [5.74, 6) is 4.00. The molecule has 0 amide bonds. The molecule has 4 aliphatic rings. The third-order valence-electron chi connectivity index (χ3n) is 5.47. The molecule has 0 saturated heterocycles. The SMILES string of the molecule is CC(C)(CO)CNC1C2CC3CC(C2)CC1C3. The van der Waals surface area contributed by atoms with Crippen LogP contribution in [0.25, 0.3) is 0 Å². The summed E-state index contributed by atoms with van der Waals surface area (Å²) in [5, 5.41) is 13.1. The second kappa shape index (κ2) is 4.24. The molecule has 0 aliphatic heterocycles. The molecule has 4 saturated carbocycles. The fourth-order valence-electron chi connectivity index (χ4n) is 4.71. The maximum absolute atomic E-state index is 9.34. The summed E-state index contributed by atoms with van der Waals surface area (Å²) in [4.78, 5) is 0. The highest BCUT2D eigenvalue weighted by Gasteiger charge is 2.48. The Morgan fingerprint density at radius 2 is 1.53 bits per heavy atom. The third kappa shape index (κ3) is 2.26. The van der Waals surface area contributed by atoms with Gasteiger partial charge in [-0.2, -0.15) is 0 Å². The predicted molar refractivity (Wildman–Crippen MR) is 69.7 cm³/mol. The first-order valence-corrected chi connectivity index (χ1v) is 7.41. The Morgan fingerprint density at radius 3 is 2.00 bits per heavy atom. The number of hydrogen-bond donors (Lipinski definition) is 2. The van der Waals surface area contributed by atoms with E-state index < -0.39 is 0 Å². The van der Waals surface area contributed by atoms with Crippen molar-refractivity contribution in [3.63, 3.8) is 0 Å². The van der Waals surface area contributed by atoms with E-state index in [0.717, 1.165) is 36.3 Å². The Kier molecular flexibility index (Phi) is 2.99. The summed E-state index contributed by atoms with van der Waals surface area (Å²) >= 11 is 0. The van der Waals surface area contributed by atoms with Crippen LogP contribution in [0.1, 0.15) is 46.0 Å². The molecule has 0 aromatic heterocycles. The number of aliphatic hydroxyl groups is 1. The maximum Gasteiger partial charge on any atom is 0.0494 e. The van der Waals surface area contributed by atoms with E-state index in [2.05, 4.69) is 19.2 Å². The van der Waals surface area contributed by atoms with Crippen LogP contribution in [-0.2, 0) is 0 Å². The lowest BCUT2D eigenvalue weighted by Gasteiger charge is -2.55. The minimum absolute atomic E-state index is 0.0364. The lowest BCUT2D eigenvalue weighted by molar-refractivity contribution is -0.0181. The van der Waals surface area contributed by atoms with Crippen molar-refractivity contribution in [2.75, 3.05) is 13.2 Å². The maximum atomic E-state index is 9.34. The average molecular weight is 237 g/mol. The summed E-state index contributed by atoms with van der Waals surface area (Å²) in [6.07, 6.45) is 7.44. The van der Waals surface area contributed by atoms with Gasteiger partial charge in [0.2, 0.25) is 0 Å². The zero-order valence-corrected chi connectivity index (χ0v) is 11.3. The van der Waals surface area contributed by atoms with Crippen LogP contribution in [0, 0.1) is 29.1 Å². The number of hydrogen-bond acceptors (Lipinski definition) is 2. The summed E-state index contributed by atoms with van der Waals surface area (Å²) in [7, 11) is 0. The molecule has 17 heavy (non-hydrogen) atoms. The van der Waals surface area contributed by atoms with Crippen molar-refractivity contribution in [2.24, 2.45) is 29.1 Å². The first-order valence-electron chi connectivity index (χ1n) is 7.41. The number of aliphatic hydroxyl groups excluding tert-OH is 1. The summed E-state index contributed by atoms with van der Waals surface area (Å²) in [6, 6.07) is 0.758. The molecular weight excluding hydrogens is 210 g/mol. The van der Waals surface area contributed by atoms with Gasteiger partial charge in [0.1, 0.15) is 0 Å².